The molecule has 4 nitrogen and oxygen atoms in total. The van der Waals surface area contributed by atoms with Gasteiger partial charge in [0.05, 0.1) is 12.2 Å². The van der Waals surface area contributed by atoms with Crippen LogP contribution < -0.4 is 10.4 Å². The highest BCUT2D eigenvalue weighted by molar-refractivity contribution is 5.88. The fourth-order valence-corrected chi connectivity index (χ4v) is 4.00. The van der Waals surface area contributed by atoms with E-state index in [2.05, 4.69) is 0 Å². The van der Waals surface area contributed by atoms with E-state index in [0.29, 0.717) is 29.7 Å². The van der Waals surface area contributed by atoms with Gasteiger partial charge in [-0.05, 0) is 37.5 Å². The Labute approximate surface area is 152 Å². The Morgan fingerprint density at radius 2 is 1.88 bits per heavy atom. The van der Waals surface area contributed by atoms with Gasteiger partial charge in [0.2, 0.25) is 0 Å². The maximum Gasteiger partial charge on any atom is 0.340 e. The van der Waals surface area contributed by atoms with Gasteiger partial charge in [0, 0.05) is 35.4 Å². The average Bonchev–Trinajstić information content (AvgIpc) is 2.58. The minimum atomic E-state index is -0.568. The normalized spacial score (nSPS) is 19.2. The topological polar surface area (TPSA) is 59.7 Å². The first-order valence-corrected chi connectivity index (χ1v) is 8.94. The SMILES string of the molecule is Cc1c2c(cc3oc(=O)c(Cc4ccccc4)c(C)c13)OC(C)CC2O. The molecule has 0 fully saturated rings. The Morgan fingerprint density at radius 3 is 2.62 bits per heavy atom. The van der Waals surface area contributed by atoms with Gasteiger partial charge >= 0.3 is 5.63 Å². The van der Waals surface area contributed by atoms with Crippen LogP contribution in [0.5, 0.6) is 5.75 Å². The number of benzene rings is 2. The second kappa shape index (κ2) is 6.29. The molecular formula is C22H22O4. The quantitative estimate of drug-likeness (QED) is 0.704. The predicted molar refractivity (Wildman–Crippen MR) is 101 cm³/mol. The van der Waals surface area contributed by atoms with Crippen LogP contribution in [0.15, 0.2) is 45.6 Å². The summed E-state index contributed by atoms with van der Waals surface area (Å²) in [4.78, 5) is 12.6. The molecule has 3 aromatic rings. The lowest BCUT2D eigenvalue weighted by Crippen LogP contribution is -2.23. The summed E-state index contributed by atoms with van der Waals surface area (Å²) < 4.78 is 11.5. The summed E-state index contributed by atoms with van der Waals surface area (Å²) in [5.41, 5.74) is 4.56. The molecule has 0 radical (unpaired) electrons. The largest absolute Gasteiger partial charge is 0.490 e. The van der Waals surface area contributed by atoms with Crippen molar-refractivity contribution in [1.82, 2.24) is 0 Å². The molecule has 2 aromatic carbocycles. The van der Waals surface area contributed by atoms with Crippen molar-refractivity contribution in [2.75, 3.05) is 0 Å². The smallest absolute Gasteiger partial charge is 0.340 e. The van der Waals surface area contributed by atoms with Crippen LogP contribution in [0.1, 0.15) is 47.3 Å². The van der Waals surface area contributed by atoms with Crippen molar-refractivity contribution >= 4 is 11.0 Å². The second-order valence-corrected chi connectivity index (χ2v) is 7.12. The molecule has 134 valence electrons. The first-order valence-electron chi connectivity index (χ1n) is 8.94. The van der Waals surface area contributed by atoms with Gasteiger partial charge in [-0.3, -0.25) is 0 Å². The van der Waals surface area contributed by atoms with E-state index in [4.69, 9.17) is 9.15 Å². The molecule has 0 bridgehead atoms. The van der Waals surface area contributed by atoms with Crippen molar-refractivity contribution in [3.05, 3.63) is 74.6 Å². The van der Waals surface area contributed by atoms with Crippen LogP contribution in [0.25, 0.3) is 11.0 Å². The Bertz CT molecular complexity index is 1030. The number of aliphatic hydroxyl groups is 1. The Morgan fingerprint density at radius 1 is 1.15 bits per heavy atom. The van der Waals surface area contributed by atoms with Crippen LogP contribution in [-0.4, -0.2) is 11.2 Å². The number of aliphatic hydroxyl groups excluding tert-OH is 1. The molecule has 0 saturated heterocycles. The van der Waals surface area contributed by atoms with Crippen LogP contribution in [0.3, 0.4) is 0 Å². The maximum absolute atomic E-state index is 12.6. The summed E-state index contributed by atoms with van der Waals surface area (Å²) in [5, 5.41) is 11.4. The summed E-state index contributed by atoms with van der Waals surface area (Å²) in [5.74, 6) is 0.611. The Kier molecular flexibility index (Phi) is 4.08. The van der Waals surface area contributed by atoms with Gasteiger partial charge in [0.15, 0.2) is 0 Å². The van der Waals surface area contributed by atoms with E-state index in [-0.39, 0.29) is 11.7 Å². The molecule has 0 saturated carbocycles. The van der Waals surface area contributed by atoms with E-state index >= 15 is 0 Å². The zero-order valence-corrected chi connectivity index (χ0v) is 15.2. The minimum Gasteiger partial charge on any atom is -0.490 e. The lowest BCUT2D eigenvalue weighted by molar-refractivity contribution is 0.0745. The number of rotatable bonds is 2. The standard InChI is InChI=1S/C22H22O4/c1-12-9-17(23)21-14(3)20-13(2)16(10-15-7-5-4-6-8-15)22(24)26-18(20)11-19(21)25-12/h4-8,11-12,17,23H,9-10H2,1-3H3. The third-order valence-corrected chi connectivity index (χ3v) is 5.27. The summed E-state index contributed by atoms with van der Waals surface area (Å²) in [6.45, 7) is 5.84. The summed E-state index contributed by atoms with van der Waals surface area (Å²) in [6.07, 6.45) is 0.449. The molecule has 2 heterocycles. The predicted octanol–water partition coefficient (Wildman–Crippen LogP) is 4.21. The average molecular weight is 350 g/mol. The Hall–Kier alpha value is -2.59. The first-order chi connectivity index (χ1) is 12.5. The van der Waals surface area contributed by atoms with Crippen molar-refractivity contribution < 1.29 is 14.3 Å². The highest BCUT2D eigenvalue weighted by atomic mass is 16.5. The van der Waals surface area contributed by atoms with Crippen molar-refractivity contribution in [1.29, 1.82) is 0 Å². The van der Waals surface area contributed by atoms with E-state index in [1.54, 1.807) is 6.07 Å². The van der Waals surface area contributed by atoms with Gasteiger partial charge in [-0.1, -0.05) is 30.3 Å². The summed E-state index contributed by atoms with van der Waals surface area (Å²) >= 11 is 0. The van der Waals surface area contributed by atoms with E-state index < -0.39 is 6.10 Å². The number of fused-ring (bicyclic) bond motifs is 2. The molecule has 1 aromatic heterocycles. The molecule has 2 atom stereocenters. The molecule has 4 rings (SSSR count). The first kappa shape index (κ1) is 16.9. The van der Waals surface area contributed by atoms with Gasteiger partial charge in [-0.25, -0.2) is 4.79 Å². The van der Waals surface area contributed by atoms with Crippen molar-refractivity contribution in [3.8, 4) is 5.75 Å². The van der Waals surface area contributed by atoms with E-state index in [9.17, 15) is 9.90 Å². The van der Waals surface area contributed by atoms with Crippen LogP contribution in [0.2, 0.25) is 0 Å². The zero-order chi connectivity index (χ0) is 18.4. The monoisotopic (exact) mass is 350 g/mol. The lowest BCUT2D eigenvalue weighted by atomic mass is 9.90. The molecule has 26 heavy (non-hydrogen) atoms. The zero-order valence-electron chi connectivity index (χ0n) is 15.2. The van der Waals surface area contributed by atoms with E-state index in [1.807, 2.05) is 51.1 Å². The van der Waals surface area contributed by atoms with E-state index in [0.717, 1.165) is 27.6 Å². The summed E-state index contributed by atoms with van der Waals surface area (Å²) in [6, 6.07) is 11.6. The third kappa shape index (κ3) is 2.71. The fourth-order valence-electron chi connectivity index (χ4n) is 4.00. The minimum absolute atomic E-state index is 0.0699. The van der Waals surface area contributed by atoms with E-state index in [1.165, 1.54) is 0 Å². The summed E-state index contributed by atoms with van der Waals surface area (Å²) in [7, 11) is 0. The van der Waals surface area contributed by atoms with Gasteiger partial charge in [-0.2, -0.15) is 0 Å². The lowest BCUT2D eigenvalue weighted by Gasteiger charge is -2.29. The molecule has 0 amide bonds. The van der Waals surface area contributed by atoms with Crippen LogP contribution in [-0.2, 0) is 6.42 Å². The molecule has 1 N–H and O–H groups in total. The molecule has 2 unspecified atom stereocenters. The molecular weight excluding hydrogens is 328 g/mol. The number of hydrogen-bond acceptors (Lipinski definition) is 4. The van der Waals surface area contributed by atoms with Gasteiger partial charge in [-0.15, -0.1) is 0 Å². The number of aryl methyl sites for hydroxylation is 2. The highest BCUT2D eigenvalue weighted by Crippen LogP contribution is 2.41. The van der Waals surface area contributed by atoms with Crippen LogP contribution in [0.4, 0.5) is 0 Å². The molecule has 4 heteroatoms. The molecule has 0 spiro atoms. The number of hydrogen-bond donors (Lipinski definition) is 1. The highest BCUT2D eigenvalue weighted by Gasteiger charge is 2.28. The third-order valence-electron chi connectivity index (χ3n) is 5.27. The fraction of sp³-hybridized carbons (Fsp3) is 0.318. The van der Waals surface area contributed by atoms with Crippen molar-refractivity contribution in [2.45, 2.75) is 45.8 Å². The van der Waals surface area contributed by atoms with Gasteiger partial charge in [0.25, 0.3) is 0 Å². The van der Waals surface area contributed by atoms with Crippen molar-refractivity contribution in [3.63, 3.8) is 0 Å². The molecule has 1 aliphatic rings. The van der Waals surface area contributed by atoms with Crippen LogP contribution in [0, 0.1) is 13.8 Å². The van der Waals surface area contributed by atoms with Gasteiger partial charge in [0.1, 0.15) is 11.3 Å². The molecule has 0 aliphatic carbocycles. The maximum atomic E-state index is 12.6. The van der Waals surface area contributed by atoms with Gasteiger partial charge < -0.3 is 14.3 Å². The molecule has 1 aliphatic heterocycles. The second-order valence-electron chi connectivity index (χ2n) is 7.12. The Balaban J connectivity index is 1.94. The van der Waals surface area contributed by atoms with Crippen LogP contribution >= 0.6 is 0 Å². The van der Waals surface area contributed by atoms with Crippen molar-refractivity contribution in [2.24, 2.45) is 0 Å². The number of ether oxygens (including phenoxy) is 1.